The zero-order valence-corrected chi connectivity index (χ0v) is 16.3. The summed E-state index contributed by atoms with van der Waals surface area (Å²) in [4.78, 5) is 0. The van der Waals surface area contributed by atoms with E-state index in [9.17, 15) is 4.57 Å². The van der Waals surface area contributed by atoms with Gasteiger partial charge in [-0.25, -0.2) is 4.76 Å². The number of hydrogen-bond acceptors (Lipinski definition) is 1. The van der Waals surface area contributed by atoms with Crippen molar-refractivity contribution < 1.29 is 4.57 Å². The van der Waals surface area contributed by atoms with E-state index in [-0.39, 0.29) is 0 Å². The van der Waals surface area contributed by atoms with Gasteiger partial charge in [-0.3, -0.25) is 4.57 Å². The summed E-state index contributed by atoms with van der Waals surface area (Å²) < 4.78 is 19.2. The minimum absolute atomic E-state index is 0.442. The Bertz CT molecular complexity index is 724. The van der Waals surface area contributed by atoms with Crippen molar-refractivity contribution >= 4 is 23.6 Å². The molecule has 2 aromatic rings. The molecule has 3 rings (SSSR count). The average molecular weight is 353 g/mol. The van der Waals surface area contributed by atoms with Crippen LogP contribution < -0.4 is 10.6 Å². The SMILES string of the molecule is CC(C)[C@H]1CC[C@H](C)C/C1=N\P(=O)(c1ccccc1)c1ccccc1. The van der Waals surface area contributed by atoms with Crippen molar-refractivity contribution in [3.63, 3.8) is 0 Å². The van der Waals surface area contributed by atoms with Crippen molar-refractivity contribution in [1.82, 2.24) is 0 Å². The summed E-state index contributed by atoms with van der Waals surface area (Å²) in [5, 5.41) is 1.66. The largest absolute Gasteiger partial charge is 0.288 e. The highest BCUT2D eigenvalue weighted by Gasteiger charge is 2.32. The molecule has 0 saturated heterocycles. The summed E-state index contributed by atoms with van der Waals surface area (Å²) in [6, 6.07) is 19.6. The lowest BCUT2D eigenvalue weighted by Gasteiger charge is -2.32. The molecule has 2 aromatic carbocycles. The molecule has 1 aliphatic rings. The minimum Gasteiger partial charge on any atom is -0.288 e. The first kappa shape index (κ1) is 18.1. The number of rotatable bonds is 4. The van der Waals surface area contributed by atoms with Crippen LogP contribution in [0.25, 0.3) is 0 Å². The molecule has 0 heterocycles. The van der Waals surface area contributed by atoms with E-state index in [1.54, 1.807) is 0 Å². The summed E-state index contributed by atoms with van der Waals surface area (Å²) in [5.74, 6) is 1.59. The first-order chi connectivity index (χ1) is 12.0. The van der Waals surface area contributed by atoms with Crippen LogP contribution >= 0.6 is 7.29 Å². The lowest BCUT2D eigenvalue weighted by atomic mass is 9.76. The maximum atomic E-state index is 14.2. The molecule has 3 heteroatoms. The minimum atomic E-state index is -3.01. The van der Waals surface area contributed by atoms with Crippen molar-refractivity contribution in [1.29, 1.82) is 0 Å². The van der Waals surface area contributed by atoms with E-state index in [1.807, 2.05) is 60.7 Å². The fourth-order valence-electron chi connectivity index (χ4n) is 3.78. The Labute approximate surface area is 151 Å². The van der Waals surface area contributed by atoms with Crippen molar-refractivity contribution in [2.24, 2.45) is 22.5 Å². The second-order valence-electron chi connectivity index (χ2n) is 7.58. The van der Waals surface area contributed by atoms with Crippen LogP contribution in [-0.4, -0.2) is 5.71 Å². The third kappa shape index (κ3) is 3.96. The molecular weight excluding hydrogens is 325 g/mol. The van der Waals surface area contributed by atoms with Crippen LogP contribution in [-0.2, 0) is 4.57 Å². The van der Waals surface area contributed by atoms with E-state index in [2.05, 4.69) is 20.8 Å². The van der Waals surface area contributed by atoms with Crippen LogP contribution in [0.2, 0.25) is 0 Å². The highest BCUT2D eigenvalue weighted by Crippen LogP contribution is 2.47. The molecule has 0 bridgehead atoms. The van der Waals surface area contributed by atoms with Gasteiger partial charge in [0.2, 0.25) is 7.29 Å². The van der Waals surface area contributed by atoms with E-state index in [0.29, 0.717) is 17.8 Å². The van der Waals surface area contributed by atoms with Gasteiger partial charge in [0, 0.05) is 16.3 Å². The quantitative estimate of drug-likeness (QED) is 0.672. The standard InChI is InChI=1S/C22H28NOP/c1-17(2)21-15-14-18(3)16-22(21)23-25(24,19-10-6-4-7-11-19)20-12-8-5-9-13-20/h4-13,17-18,21H,14-16H2,1-3H3/b23-22+/t18-,21+/m0/s1. The van der Waals surface area contributed by atoms with Gasteiger partial charge in [0.1, 0.15) is 0 Å². The molecule has 132 valence electrons. The maximum absolute atomic E-state index is 14.2. The summed E-state index contributed by atoms with van der Waals surface area (Å²) >= 11 is 0. The topological polar surface area (TPSA) is 29.4 Å². The molecule has 2 nitrogen and oxygen atoms in total. The molecule has 25 heavy (non-hydrogen) atoms. The molecule has 0 spiro atoms. The summed E-state index contributed by atoms with van der Waals surface area (Å²) in [6.07, 6.45) is 3.36. The third-order valence-corrected chi connectivity index (χ3v) is 7.78. The van der Waals surface area contributed by atoms with Gasteiger partial charge in [-0.2, -0.15) is 0 Å². The molecule has 1 saturated carbocycles. The monoisotopic (exact) mass is 353 g/mol. The number of nitrogens with zero attached hydrogens (tertiary/aromatic N) is 1. The zero-order chi connectivity index (χ0) is 17.9. The molecule has 1 fully saturated rings. The van der Waals surface area contributed by atoms with Crippen molar-refractivity contribution in [2.75, 3.05) is 0 Å². The Kier molecular flexibility index (Phi) is 5.59. The molecule has 0 unspecified atom stereocenters. The van der Waals surface area contributed by atoms with Crippen molar-refractivity contribution in [2.45, 2.75) is 40.0 Å². The summed E-state index contributed by atoms with van der Waals surface area (Å²) in [7, 11) is -3.01. The molecule has 0 aliphatic heterocycles. The summed E-state index contributed by atoms with van der Waals surface area (Å²) in [6.45, 7) is 6.79. The van der Waals surface area contributed by atoms with Crippen LogP contribution in [0.5, 0.6) is 0 Å². The van der Waals surface area contributed by atoms with Crippen LogP contribution in [0.15, 0.2) is 65.4 Å². The molecule has 0 N–H and O–H groups in total. The zero-order valence-electron chi connectivity index (χ0n) is 15.4. The molecule has 0 amide bonds. The van der Waals surface area contributed by atoms with Crippen LogP contribution in [0, 0.1) is 17.8 Å². The fourth-order valence-corrected chi connectivity index (χ4v) is 6.05. The van der Waals surface area contributed by atoms with Crippen molar-refractivity contribution in [3.8, 4) is 0 Å². The molecular formula is C22H28NOP. The molecule has 2 atom stereocenters. The lowest BCUT2D eigenvalue weighted by molar-refractivity contribution is 0.365. The Balaban J connectivity index is 2.13. The second-order valence-corrected chi connectivity index (χ2v) is 9.96. The highest BCUT2D eigenvalue weighted by atomic mass is 31.2. The van der Waals surface area contributed by atoms with Gasteiger partial charge in [0.25, 0.3) is 0 Å². The summed E-state index contributed by atoms with van der Waals surface area (Å²) in [5.41, 5.74) is 1.16. The van der Waals surface area contributed by atoms with Crippen LogP contribution in [0.3, 0.4) is 0 Å². The van der Waals surface area contributed by atoms with Gasteiger partial charge >= 0.3 is 0 Å². The molecule has 1 aliphatic carbocycles. The van der Waals surface area contributed by atoms with Gasteiger partial charge in [-0.15, -0.1) is 0 Å². The van der Waals surface area contributed by atoms with E-state index in [0.717, 1.165) is 29.2 Å². The van der Waals surface area contributed by atoms with Crippen LogP contribution in [0.1, 0.15) is 40.0 Å². The maximum Gasteiger partial charge on any atom is 0.247 e. The Hall–Kier alpha value is -1.66. The average Bonchev–Trinajstić information content (AvgIpc) is 2.63. The molecule has 0 radical (unpaired) electrons. The highest BCUT2D eigenvalue weighted by molar-refractivity contribution is 7.77. The Morgan fingerprint density at radius 1 is 0.920 bits per heavy atom. The lowest BCUT2D eigenvalue weighted by Crippen LogP contribution is -2.29. The van der Waals surface area contributed by atoms with Gasteiger partial charge in [0.15, 0.2) is 0 Å². The number of hydrogen-bond donors (Lipinski definition) is 0. The van der Waals surface area contributed by atoms with Crippen molar-refractivity contribution in [3.05, 3.63) is 60.7 Å². The second kappa shape index (κ2) is 7.70. The normalized spacial score (nSPS) is 23.1. The van der Waals surface area contributed by atoms with Crippen LogP contribution in [0.4, 0.5) is 0 Å². The van der Waals surface area contributed by atoms with Gasteiger partial charge in [0.05, 0.1) is 0 Å². The van der Waals surface area contributed by atoms with Gasteiger partial charge in [-0.05, 0) is 61.3 Å². The van der Waals surface area contributed by atoms with Gasteiger partial charge in [-0.1, -0.05) is 57.2 Å². The van der Waals surface area contributed by atoms with Gasteiger partial charge < -0.3 is 0 Å². The Morgan fingerprint density at radius 2 is 1.44 bits per heavy atom. The molecule has 0 aromatic heterocycles. The number of benzene rings is 2. The van der Waals surface area contributed by atoms with E-state index in [4.69, 9.17) is 4.76 Å². The third-order valence-electron chi connectivity index (χ3n) is 5.24. The predicted molar refractivity (Wildman–Crippen MR) is 109 cm³/mol. The Morgan fingerprint density at radius 3 is 1.92 bits per heavy atom. The first-order valence-corrected chi connectivity index (χ1v) is 11.0. The predicted octanol–water partition coefficient (Wildman–Crippen LogP) is 5.45. The smallest absolute Gasteiger partial charge is 0.247 e. The first-order valence-electron chi connectivity index (χ1n) is 9.31. The van der Waals surface area contributed by atoms with E-state index >= 15 is 0 Å². The van der Waals surface area contributed by atoms with E-state index < -0.39 is 7.29 Å². The van der Waals surface area contributed by atoms with E-state index in [1.165, 1.54) is 6.42 Å². The fraction of sp³-hybridized carbons (Fsp3) is 0.409.